The van der Waals surface area contributed by atoms with Gasteiger partial charge in [0.2, 0.25) is 0 Å². The number of carboxylic acid groups (broad SMARTS) is 1. The summed E-state index contributed by atoms with van der Waals surface area (Å²) in [5.41, 5.74) is 1.11. The lowest BCUT2D eigenvalue weighted by molar-refractivity contribution is 0.0697. The highest BCUT2D eigenvalue weighted by molar-refractivity contribution is 5.88. The molecular weight excluding hydrogens is 218 g/mol. The van der Waals surface area contributed by atoms with E-state index in [4.69, 9.17) is 9.84 Å². The van der Waals surface area contributed by atoms with Gasteiger partial charge in [0, 0.05) is 18.8 Å². The molecule has 0 heterocycles. The van der Waals surface area contributed by atoms with Crippen molar-refractivity contribution in [3.8, 4) is 0 Å². The second-order valence-electron chi connectivity index (χ2n) is 3.97. The molecule has 4 heteroatoms. The number of aromatic carboxylic acids is 1. The van der Waals surface area contributed by atoms with Crippen LogP contribution in [0.15, 0.2) is 24.3 Å². The topological polar surface area (TPSA) is 58.6 Å². The minimum absolute atomic E-state index is 0.217. The van der Waals surface area contributed by atoms with Crippen molar-refractivity contribution < 1.29 is 14.6 Å². The van der Waals surface area contributed by atoms with Crippen LogP contribution in [0.4, 0.5) is 5.69 Å². The van der Waals surface area contributed by atoms with Crippen molar-refractivity contribution in [2.75, 3.05) is 19.0 Å². The molecule has 1 aromatic carbocycles. The van der Waals surface area contributed by atoms with E-state index in [-0.39, 0.29) is 6.04 Å². The van der Waals surface area contributed by atoms with E-state index in [2.05, 4.69) is 12.2 Å². The third-order valence-corrected chi connectivity index (χ3v) is 2.49. The summed E-state index contributed by atoms with van der Waals surface area (Å²) in [4.78, 5) is 10.8. The van der Waals surface area contributed by atoms with Crippen LogP contribution in [0.3, 0.4) is 0 Å². The van der Waals surface area contributed by atoms with Gasteiger partial charge in [-0.05, 0) is 24.6 Å². The van der Waals surface area contributed by atoms with E-state index in [0.717, 1.165) is 18.5 Å². The van der Waals surface area contributed by atoms with Crippen LogP contribution in [0.25, 0.3) is 0 Å². The fourth-order valence-electron chi connectivity index (χ4n) is 1.72. The molecule has 0 aliphatic heterocycles. The van der Waals surface area contributed by atoms with Gasteiger partial charge in [0.25, 0.3) is 0 Å². The number of ether oxygens (including phenoxy) is 1. The second kappa shape index (κ2) is 6.91. The van der Waals surface area contributed by atoms with E-state index < -0.39 is 5.97 Å². The second-order valence-corrected chi connectivity index (χ2v) is 3.97. The summed E-state index contributed by atoms with van der Waals surface area (Å²) in [6.07, 6.45) is 2.05. The van der Waals surface area contributed by atoms with Crippen LogP contribution < -0.4 is 5.32 Å². The van der Waals surface area contributed by atoms with Crippen LogP contribution in [0.1, 0.15) is 30.1 Å². The van der Waals surface area contributed by atoms with Crippen LogP contribution in [0, 0.1) is 0 Å². The van der Waals surface area contributed by atoms with Gasteiger partial charge >= 0.3 is 5.97 Å². The monoisotopic (exact) mass is 237 g/mol. The van der Waals surface area contributed by atoms with E-state index in [1.54, 1.807) is 25.3 Å². The Hall–Kier alpha value is -1.55. The Balaban J connectivity index is 2.71. The number of methoxy groups -OCH3 is 1. The van der Waals surface area contributed by atoms with Crippen molar-refractivity contribution in [2.45, 2.75) is 25.8 Å². The van der Waals surface area contributed by atoms with Crippen LogP contribution in [-0.4, -0.2) is 30.8 Å². The summed E-state index contributed by atoms with van der Waals surface area (Å²) < 4.78 is 5.13. The number of carbonyl (C=O) groups is 1. The lowest BCUT2D eigenvalue weighted by atomic mass is 10.1. The summed E-state index contributed by atoms with van der Waals surface area (Å²) in [5.74, 6) is -0.910. The Morgan fingerprint density at radius 3 is 2.88 bits per heavy atom. The highest BCUT2D eigenvalue weighted by Crippen LogP contribution is 2.13. The maximum atomic E-state index is 10.8. The lowest BCUT2D eigenvalue weighted by Crippen LogP contribution is -2.24. The summed E-state index contributed by atoms with van der Waals surface area (Å²) in [6.45, 7) is 2.73. The molecular formula is C13H19NO3. The fraction of sp³-hybridized carbons (Fsp3) is 0.462. The Bertz CT molecular complexity index is 359. The summed E-state index contributed by atoms with van der Waals surface area (Å²) in [7, 11) is 1.66. The minimum atomic E-state index is -0.910. The SMILES string of the molecule is CCCC(COC)Nc1cccc(C(=O)O)c1. The molecule has 0 bridgehead atoms. The Kier molecular flexibility index (Phi) is 5.49. The van der Waals surface area contributed by atoms with E-state index in [0.29, 0.717) is 12.2 Å². The normalized spacial score (nSPS) is 12.1. The first-order valence-electron chi connectivity index (χ1n) is 5.76. The largest absolute Gasteiger partial charge is 0.478 e. The lowest BCUT2D eigenvalue weighted by Gasteiger charge is -2.18. The van der Waals surface area contributed by atoms with Gasteiger partial charge in [0.15, 0.2) is 0 Å². The molecule has 0 fully saturated rings. The van der Waals surface area contributed by atoms with Crippen molar-refractivity contribution >= 4 is 11.7 Å². The maximum Gasteiger partial charge on any atom is 0.335 e. The Morgan fingerprint density at radius 2 is 2.29 bits per heavy atom. The third kappa shape index (κ3) is 4.44. The van der Waals surface area contributed by atoms with Crippen molar-refractivity contribution in [1.29, 1.82) is 0 Å². The van der Waals surface area contributed by atoms with Gasteiger partial charge in [0.05, 0.1) is 12.2 Å². The predicted molar refractivity (Wildman–Crippen MR) is 67.6 cm³/mol. The number of hydrogen-bond acceptors (Lipinski definition) is 3. The smallest absolute Gasteiger partial charge is 0.335 e. The van der Waals surface area contributed by atoms with Gasteiger partial charge in [-0.3, -0.25) is 0 Å². The standard InChI is InChI=1S/C13H19NO3/c1-3-5-12(9-17-2)14-11-7-4-6-10(8-11)13(15)16/h4,6-8,12,14H,3,5,9H2,1-2H3,(H,15,16). The zero-order valence-electron chi connectivity index (χ0n) is 10.3. The molecule has 94 valence electrons. The first-order valence-corrected chi connectivity index (χ1v) is 5.76. The molecule has 17 heavy (non-hydrogen) atoms. The quantitative estimate of drug-likeness (QED) is 0.765. The molecule has 4 nitrogen and oxygen atoms in total. The molecule has 0 aromatic heterocycles. The van der Waals surface area contributed by atoms with Gasteiger partial charge in [0.1, 0.15) is 0 Å². The minimum Gasteiger partial charge on any atom is -0.478 e. The van der Waals surface area contributed by atoms with E-state index >= 15 is 0 Å². The first-order chi connectivity index (χ1) is 8.17. The Labute approximate surface area is 102 Å². The van der Waals surface area contributed by atoms with Crippen molar-refractivity contribution in [2.24, 2.45) is 0 Å². The molecule has 0 aliphatic rings. The molecule has 0 saturated heterocycles. The van der Waals surface area contributed by atoms with Gasteiger partial charge in [-0.1, -0.05) is 19.4 Å². The first kappa shape index (κ1) is 13.5. The fourth-order valence-corrected chi connectivity index (χ4v) is 1.72. The van der Waals surface area contributed by atoms with Crippen LogP contribution in [-0.2, 0) is 4.74 Å². The van der Waals surface area contributed by atoms with Crippen molar-refractivity contribution in [3.63, 3.8) is 0 Å². The summed E-state index contributed by atoms with van der Waals surface area (Å²) in [6, 6.07) is 7.04. The highest BCUT2D eigenvalue weighted by Gasteiger charge is 2.08. The molecule has 0 amide bonds. The number of carboxylic acids is 1. The molecule has 1 rings (SSSR count). The Morgan fingerprint density at radius 1 is 1.53 bits per heavy atom. The molecule has 1 atom stereocenters. The molecule has 0 radical (unpaired) electrons. The third-order valence-electron chi connectivity index (χ3n) is 2.49. The molecule has 0 aliphatic carbocycles. The van der Waals surface area contributed by atoms with Crippen LogP contribution >= 0.6 is 0 Å². The zero-order valence-corrected chi connectivity index (χ0v) is 10.3. The van der Waals surface area contributed by atoms with E-state index in [9.17, 15) is 4.79 Å². The number of nitrogens with one attached hydrogen (secondary N) is 1. The molecule has 1 unspecified atom stereocenters. The number of anilines is 1. The molecule has 0 spiro atoms. The summed E-state index contributed by atoms with van der Waals surface area (Å²) in [5, 5.41) is 12.2. The number of hydrogen-bond donors (Lipinski definition) is 2. The molecule has 2 N–H and O–H groups in total. The average molecular weight is 237 g/mol. The van der Waals surface area contributed by atoms with Gasteiger partial charge in [-0.2, -0.15) is 0 Å². The predicted octanol–water partition coefficient (Wildman–Crippen LogP) is 2.61. The molecule has 0 saturated carbocycles. The van der Waals surface area contributed by atoms with Crippen LogP contribution in [0.5, 0.6) is 0 Å². The van der Waals surface area contributed by atoms with Crippen LogP contribution in [0.2, 0.25) is 0 Å². The van der Waals surface area contributed by atoms with Crippen molar-refractivity contribution in [3.05, 3.63) is 29.8 Å². The summed E-state index contributed by atoms with van der Waals surface area (Å²) >= 11 is 0. The number of benzene rings is 1. The molecule has 1 aromatic rings. The van der Waals surface area contributed by atoms with Gasteiger partial charge < -0.3 is 15.2 Å². The van der Waals surface area contributed by atoms with E-state index in [1.165, 1.54) is 0 Å². The van der Waals surface area contributed by atoms with Gasteiger partial charge in [-0.15, -0.1) is 0 Å². The highest BCUT2D eigenvalue weighted by atomic mass is 16.5. The van der Waals surface area contributed by atoms with Crippen molar-refractivity contribution in [1.82, 2.24) is 0 Å². The maximum absolute atomic E-state index is 10.8. The zero-order chi connectivity index (χ0) is 12.7. The van der Waals surface area contributed by atoms with E-state index in [1.807, 2.05) is 6.07 Å². The van der Waals surface area contributed by atoms with Gasteiger partial charge in [-0.25, -0.2) is 4.79 Å². The average Bonchev–Trinajstić information content (AvgIpc) is 2.30. The number of rotatable bonds is 7.